The largest absolute Gasteiger partial charge is 0.496 e. The van der Waals surface area contributed by atoms with Gasteiger partial charge in [-0.2, -0.15) is 0 Å². The van der Waals surface area contributed by atoms with Crippen molar-refractivity contribution in [2.24, 2.45) is 0 Å². The van der Waals surface area contributed by atoms with Gasteiger partial charge in [-0.1, -0.05) is 31.2 Å². The summed E-state index contributed by atoms with van der Waals surface area (Å²) >= 11 is 6.76. The first kappa shape index (κ1) is 26.7. The normalized spacial score (nSPS) is 18.6. The molecular formula is C29H32ClN5O4. The van der Waals surface area contributed by atoms with E-state index >= 15 is 0 Å². The van der Waals surface area contributed by atoms with Crippen LogP contribution in [0.3, 0.4) is 0 Å². The fraction of sp³-hybridized carbons (Fsp3) is 0.379. The van der Waals surface area contributed by atoms with Crippen LogP contribution >= 0.6 is 11.6 Å². The smallest absolute Gasteiger partial charge is 0.246 e. The number of likely N-dealkylation sites (tertiary alicyclic amines) is 2. The molecule has 2 aliphatic rings. The van der Waals surface area contributed by atoms with Crippen LogP contribution in [0, 0.1) is 0 Å². The summed E-state index contributed by atoms with van der Waals surface area (Å²) in [6.45, 7) is 7.52. The molecule has 0 saturated carbocycles. The van der Waals surface area contributed by atoms with Gasteiger partial charge >= 0.3 is 0 Å². The van der Waals surface area contributed by atoms with Crippen molar-refractivity contribution in [3.63, 3.8) is 0 Å². The lowest BCUT2D eigenvalue weighted by Crippen LogP contribution is -2.52. The second-order valence-electron chi connectivity index (χ2n) is 9.74. The number of ether oxygens (including phenoxy) is 2. The van der Waals surface area contributed by atoms with E-state index in [0.717, 1.165) is 59.3 Å². The monoisotopic (exact) mass is 549 g/mol. The minimum absolute atomic E-state index is 0.00742. The molecule has 2 unspecified atom stereocenters. The number of methoxy groups -OCH3 is 2. The molecule has 1 aromatic heterocycles. The number of halogens is 1. The first-order valence-corrected chi connectivity index (χ1v) is 13.4. The number of rotatable bonds is 8. The van der Waals surface area contributed by atoms with E-state index < -0.39 is 6.04 Å². The average molecular weight is 550 g/mol. The SMILES string of the molecule is C=CC(=O)N1CC(Nc2ncc3cc(-c4c(Cl)c(OC)cc(OC)c4CC)ccc3n2)CC1C(=O)N1CCC1. The van der Waals surface area contributed by atoms with Crippen molar-refractivity contribution in [2.75, 3.05) is 39.2 Å². The highest BCUT2D eigenvalue weighted by molar-refractivity contribution is 6.35. The minimum atomic E-state index is -0.506. The lowest BCUT2D eigenvalue weighted by Gasteiger charge is -2.35. The van der Waals surface area contributed by atoms with E-state index in [4.69, 9.17) is 26.1 Å². The van der Waals surface area contributed by atoms with Crippen LogP contribution in [-0.4, -0.2) is 77.5 Å². The molecule has 5 rings (SSSR count). The van der Waals surface area contributed by atoms with Gasteiger partial charge in [0.05, 0.1) is 24.8 Å². The van der Waals surface area contributed by atoms with Crippen LogP contribution in [0.1, 0.15) is 25.3 Å². The number of hydrogen-bond donors (Lipinski definition) is 1. The Morgan fingerprint density at radius 1 is 1.21 bits per heavy atom. The molecule has 3 aromatic rings. The maximum absolute atomic E-state index is 12.9. The summed E-state index contributed by atoms with van der Waals surface area (Å²) in [6, 6.07) is 7.05. The van der Waals surface area contributed by atoms with Crippen molar-refractivity contribution in [1.82, 2.24) is 19.8 Å². The molecule has 2 fully saturated rings. The molecule has 9 nitrogen and oxygen atoms in total. The van der Waals surface area contributed by atoms with Gasteiger partial charge < -0.3 is 24.6 Å². The van der Waals surface area contributed by atoms with Crippen molar-refractivity contribution in [1.29, 1.82) is 0 Å². The van der Waals surface area contributed by atoms with E-state index in [-0.39, 0.29) is 17.9 Å². The molecule has 0 radical (unpaired) electrons. The molecule has 2 amide bonds. The number of fused-ring (bicyclic) bond motifs is 1. The number of amides is 2. The van der Waals surface area contributed by atoms with E-state index in [1.807, 2.05) is 18.2 Å². The van der Waals surface area contributed by atoms with Crippen LogP contribution in [0.15, 0.2) is 43.1 Å². The minimum Gasteiger partial charge on any atom is -0.496 e. The molecule has 39 heavy (non-hydrogen) atoms. The van der Waals surface area contributed by atoms with Gasteiger partial charge in [0.1, 0.15) is 17.5 Å². The van der Waals surface area contributed by atoms with Crippen molar-refractivity contribution in [2.45, 2.75) is 38.3 Å². The quantitative estimate of drug-likeness (QED) is 0.418. The van der Waals surface area contributed by atoms with Crippen LogP contribution in [0.5, 0.6) is 11.5 Å². The van der Waals surface area contributed by atoms with Gasteiger partial charge in [0.15, 0.2) is 0 Å². The Morgan fingerprint density at radius 2 is 1.97 bits per heavy atom. The molecular weight excluding hydrogens is 518 g/mol. The van der Waals surface area contributed by atoms with Crippen LogP contribution in [0.2, 0.25) is 5.02 Å². The summed E-state index contributed by atoms with van der Waals surface area (Å²) < 4.78 is 11.1. The van der Waals surface area contributed by atoms with Crippen LogP contribution in [-0.2, 0) is 16.0 Å². The van der Waals surface area contributed by atoms with Crippen LogP contribution in [0.25, 0.3) is 22.0 Å². The zero-order valence-electron chi connectivity index (χ0n) is 22.4. The highest BCUT2D eigenvalue weighted by atomic mass is 35.5. The standard InChI is InChI=1S/C29H32ClN5O4/c1-5-20-23(38-3)14-24(39-4)27(30)26(20)17-8-9-21-18(12-17)15-31-29(33-21)32-19-13-22(28(37)34-10-7-11-34)35(16-19)25(36)6-2/h6,8-9,12,14-15,19,22H,2,5,7,10-11,13,16H2,1,3-4H3,(H,31,32,33). The maximum Gasteiger partial charge on any atom is 0.246 e. The molecule has 204 valence electrons. The third-order valence-electron chi connectivity index (χ3n) is 7.50. The Balaban J connectivity index is 1.40. The van der Waals surface area contributed by atoms with Gasteiger partial charge in [-0.25, -0.2) is 9.97 Å². The molecule has 0 bridgehead atoms. The summed E-state index contributed by atoms with van der Waals surface area (Å²) in [6.07, 6.45) is 5.24. The summed E-state index contributed by atoms with van der Waals surface area (Å²) in [5.41, 5.74) is 3.51. The van der Waals surface area contributed by atoms with E-state index in [9.17, 15) is 9.59 Å². The molecule has 0 spiro atoms. The van der Waals surface area contributed by atoms with E-state index in [2.05, 4.69) is 23.8 Å². The van der Waals surface area contributed by atoms with Gasteiger partial charge in [-0.3, -0.25) is 9.59 Å². The second-order valence-corrected chi connectivity index (χ2v) is 10.1. The zero-order chi connectivity index (χ0) is 27.7. The third-order valence-corrected chi connectivity index (χ3v) is 7.88. The number of carbonyl (C=O) groups excluding carboxylic acids is 2. The van der Waals surface area contributed by atoms with Gasteiger partial charge in [-0.15, -0.1) is 0 Å². The number of anilines is 1. The molecule has 0 aliphatic carbocycles. The zero-order valence-corrected chi connectivity index (χ0v) is 23.1. The molecule has 3 heterocycles. The maximum atomic E-state index is 12.9. The third kappa shape index (κ3) is 4.98. The fourth-order valence-electron chi connectivity index (χ4n) is 5.35. The predicted molar refractivity (Wildman–Crippen MR) is 151 cm³/mol. The van der Waals surface area contributed by atoms with Crippen LogP contribution < -0.4 is 14.8 Å². The Hall–Kier alpha value is -3.85. The molecule has 2 saturated heterocycles. The molecule has 2 aromatic carbocycles. The summed E-state index contributed by atoms with van der Waals surface area (Å²) in [7, 11) is 3.22. The molecule has 1 N–H and O–H groups in total. The summed E-state index contributed by atoms with van der Waals surface area (Å²) in [5.74, 6) is 1.45. The van der Waals surface area contributed by atoms with Gasteiger partial charge in [0.2, 0.25) is 17.8 Å². The lowest BCUT2D eigenvalue weighted by atomic mass is 9.95. The predicted octanol–water partition coefficient (Wildman–Crippen LogP) is 4.33. The van der Waals surface area contributed by atoms with E-state index in [1.165, 1.54) is 6.08 Å². The molecule has 2 atom stereocenters. The fourth-order valence-corrected chi connectivity index (χ4v) is 5.71. The van der Waals surface area contributed by atoms with Crippen LogP contribution in [0.4, 0.5) is 5.95 Å². The van der Waals surface area contributed by atoms with Gasteiger partial charge in [0, 0.05) is 54.5 Å². The van der Waals surface area contributed by atoms with E-state index in [1.54, 1.807) is 36.3 Å². The second kappa shape index (κ2) is 11.1. The average Bonchev–Trinajstić information content (AvgIpc) is 3.34. The number of nitrogens with one attached hydrogen (secondary N) is 1. The summed E-state index contributed by atoms with van der Waals surface area (Å²) in [5, 5.41) is 4.70. The van der Waals surface area contributed by atoms with Crippen molar-refractivity contribution < 1.29 is 19.1 Å². The number of hydrogen-bond acceptors (Lipinski definition) is 7. The topological polar surface area (TPSA) is 96.9 Å². The molecule has 10 heteroatoms. The number of aromatic nitrogens is 2. The van der Waals surface area contributed by atoms with Crippen molar-refractivity contribution >= 4 is 40.3 Å². The highest BCUT2D eigenvalue weighted by Crippen LogP contribution is 2.44. The Bertz CT molecular complexity index is 1440. The van der Waals surface area contributed by atoms with Crippen molar-refractivity contribution in [3.8, 4) is 22.6 Å². The highest BCUT2D eigenvalue weighted by Gasteiger charge is 2.41. The number of benzene rings is 2. The Morgan fingerprint density at radius 3 is 2.62 bits per heavy atom. The number of carbonyl (C=O) groups is 2. The first-order valence-electron chi connectivity index (χ1n) is 13.1. The van der Waals surface area contributed by atoms with Gasteiger partial charge in [0.25, 0.3) is 0 Å². The summed E-state index contributed by atoms with van der Waals surface area (Å²) in [4.78, 5) is 38.1. The molecule has 2 aliphatic heterocycles. The first-order chi connectivity index (χ1) is 18.9. The van der Waals surface area contributed by atoms with E-state index in [0.29, 0.717) is 29.7 Å². The lowest BCUT2D eigenvalue weighted by molar-refractivity contribution is -0.144. The van der Waals surface area contributed by atoms with Gasteiger partial charge in [-0.05, 0) is 43.0 Å². The Kier molecular flexibility index (Phi) is 7.61. The van der Waals surface area contributed by atoms with Crippen molar-refractivity contribution in [3.05, 3.63) is 53.7 Å². The Labute approximate surface area is 232 Å². The number of nitrogens with zero attached hydrogens (tertiary/aromatic N) is 4.